The van der Waals surface area contributed by atoms with Crippen molar-refractivity contribution in [1.82, 2.24) is 15.6 Å². The second-order valence-corrected chi connectivity index (χ2v) is 5.48. The number of carbonyl (C=O) groups excluding carboxylic acids is 1. The lowest BCUT2D eigenvalue weighted by atomic mass is 10.4. The second kappa shape index (κ2) is 10.8. The fourth-order valence-electron chi connectivity index (χ4n) is 1.60. The number of hydrogen-bond acceptors (Lipinski definition) is 5. The van der Waals surface area contributed by atoms with Crippen LogP contribution in [0.15, 0.2) is 4.99 Å². The largest absolute Gasteiger partial charge is 0.469 e. The Labute approximate surface area is 146 Å². The summed E-state index contributed by atoms with van der Waals surface area (Å²) in [6.45, 7) is 7.84. The third-order valence-electron chi connectivity index (χ3n) is 2.57. The lowest BCUT2D eigenvalue weighted by Crippen LogP contribution is -2.38. The summed E-state index contributed by atoms with van der Waals surface area (Å²) in [7, 11) is 1.39. The van der Waals surface area contributed by atoms with Gasteiger partial charge in [0.05, 0.1) is 30.8 Å². The molecule has 0 radical (unpaired) electrons. The first kappa shape index (κ1) is 20.1. The molecule has 0 saturated heterocycles. The zero-order valence-electron chi connectivity index (χ0n) is 12.9. The lowest BCUT2D eigenvalue weighted by molar-refractivity contribution is -0.140. The predicted molar refractivity (Wildman–Crippen MR) is 96.5 cm³/mol. The Bertz CT molecular complexity index is 477. The van der Waals surface area contributed by atoms with Gasteiger partial charge in [-0.05, 0) is 20.8 Å². The van der Waals surface area contributed by atoms with E-state index in [2.05, 4.69) is 25.3 Å². The molecule has 0 aliphatic carbocycles. The molecule has 1 aromatic rings. The van der Waals surface area contributed by atoms with Crippen molar-refractivity contribution in [3.8, 4) is 0 Å². The molecular formula is C13H23IN4O2S. The lowest BCUT2D eigenvalue weighted by Gasteiger charge is -2.10. The number of nitrogens with zero attached hydrogens (tertiary/aromatic N) is 2. The summed E-state index contributed by atoms with van der Waals surface area (Å²) >= 11 is 1.66. The van der Waals surface area contributed by atoms with Gasteiger partial charge in [0.1, 0.15) is 0 Å². The SMILES string of the molecule is CCNC(=NCc1sc(C)nc1C)NCCC(=O)OC.I. The fraction of sp³-hybridized carbons (Fsp3) is 0.615. The van der Waals surface area contributed by atoms with Gasteiger partial charge < -0.3 is 15.4 Å². The van der Waals surface area contributed by atoms with Crippen molar-refractivity contribution in [3.05, 3.63) is 15.6 Å². The number of halogens is 1. The molecule has 0 atom stereocenters. The number of aryl methyl sites for hydroxylation is 2. The number of rotatable bonds is 6. The number of esters is 1. The highest BCUT2D eigenvalue weighted by atomic mass is 127. The fourth-order valence-corrected chi connectivity index (χ4v) is 2.46. The molecule has 0 aliphatic rings. The minimum atomic E-state index is -0.234. The first-order chi connectivity index (χ1) is 9.56. The second-order valence-electron chi connectivity index (χ2n) is 4.19. The highest BCUT2D eigenvalue weighted by Gasteiger charge is 2.05. The molecule has 1 rings (SSSR count). The topological polar surface area (TPSA) is 75.6 Å². The maximum Gasteiger partial charge on any atom is 0.307 e. The summed E-state index contributed by atoms with van der Waals surface area (Å²) < 4.78 is 4.59. The number of methoxy groups -OCH3 is 1. The van der Waals surface area contributed by atoms with Crippen LogP contribution in [-0.4, -0.2) is 37.1 Å². The van der Waals surface area contributed by atoms with E-state index in [4.69, 9.17) is 0 Å². The molecule has 0 bridgehead atoms. The molecule has 0 saturated carbocycles. The van der Waals surface area contributed by atoms with Crippen LogP contribution in [-0.2, 0) is 16.1 Å². The Kier molecular flexibility index (Phi) is 10.3. The van der Waals surface area contributed by atoms with E-state index >= 15 is 0 Å². The van der Waals surface area contributed by atoms with Gasteiger partial charge in [-0.15, -0.1) is 35.3 Å². The van der Waals surface area contributed by atoms with Gasteiger partial charge in [0.2, 0.25) is 0 Å². The van der Waals surface area contributed by atoms with E-state index in [0.29, 0.717) is 25.5 Å². The Morgan fingerprint density at radius 2 is 2.10 bits per heavy atom. The predicted octanol–water partition coefficient (Wildman–Crippen LogP) is 2.00. The van der Waals surface area contributed by atoms with E-state index in [1.807, 2.05) is 20.8 Å². The Morgan fingerprint density at radius 1 is 1.38 bits per heavy atom. The average Bonchev–Trinajstić information content (AvgIpc) is 2.74. The monoisotopic (exact) mass is 426 g/mol. The highest BCUT2D eigenvalue weighted by Crippen LogP contribution is 2.17. The minimum absolute atomic E-state index is 0. The van der Waals surface area contributed by atoms with Crippen molar-refractivity contribution < 1.29 is 9.53 Å². The van der Waals surface area contributed by atoms with Crippen LogP contribution in [0.25, 0.3) is 0 Å². The van der Waals surface area contributed by atoms with Gasteiger partial charge in [0, 0.05) is 18.0 Å². The normalized spacial score (nSPS) is 10.8. The van der Waals surface area contributed by atoms with Crippen LogP contribution in [0.1, 0.15) is 28.9 Å². The zero-order chi connectivity index (χ0) is 15.0. The average molecular weight is 426 g/mol. The molecule has 0 unspecified atom stereocenters. The number of thiazole rings is 1. The zero-order valence-corrected chi connectivity index (χ0v) is 16.0. The first-order valence-electron chi connectivity index (χ1n) is 6.58. The van der Waals surface area contributed by atoms with E-state index in [9.17, 15) is 4.79 Å². The van der Waals surface area contributed by atoms with Crippen molar-refractivity contribution in [2.24, 2.45) is 4.99 Å². The van der Waals surface area contributed by atoms with Gasteiger partial charge in [0.15, 0.2) is 5.96 Å². The quantitative estimate of drug-likeness (QED) is 0.315. The number of guanidine groups is 1. The molecule has 6 nitrogen and oxygen atoms in total. The minimum Gasteiger partial charge on any atom is -0.469 e. The highest BCUT2D eigenvalue weighted by molar-refractivity contribution is 14.0. The van der Waals surface area contributed by atoms with Gasteiger partial charge in [-0.1, -0.05) is 0 Å². The molecule has 0 aliphatic heterocycles. The number of hydrogen-bond donors (Lipinski definition) is 2. The molecular weight excluding hydrogens is 403 g/mol. The van der Waals surface area contributed by atoms with Crippen molar-refractivity contribution >= 4 is 47.2 Å². The Hall–Kier alpha value is -0.900. The van der Waals surface area contributed by atoms with E-state index < -0.39 is 0 Å². The summed E-state index contributed by atoms with van der Waals surface area (Å²) in [5.41, 5.74) is 1.03. The summed E-state index contributed by atoms with van der Waals surface area (Å²) in [5.74, 6) is 0.462. The van der Waals surface area contributed by atoms with Gasteiger partial charge >= 0.3 is 5.97 Å². The standard InChI is InChI=1S/C13H22N4O2S.HI/c1-5-14-13(15-7-6-12(18)19-4)16-8-11-9(2)17-10(3)20-11;/h5-8H2,1-4H3,(H2,14,15,16);1H. The van der Waals surface area contributed by atoms with Crippen LogP contribution < -0.4 is 10.6 Å². The maximum absolute atomic E-state index is 11.0. The molecule has 0 amide bonds. The summed E-state index contributed by atoms with van der Waals surface area (Å²) in [6.07, 6.45) is 0.319. The maximum atomic E-state index is 11.0. The third kappa shape index (κ3) is 7.60. The molecule has 8 heteroatoms. The molecule has 0 aromatic carbocycles. The third-order valence-corrected chi connectivity index (χ3v) is 3.63. The van der Waals surface area contributed by atoms with Crippen molar-refractivity contribution in [2.45, 2.75) is 33.7 Å². The molecule has 21 heavy (non-hydrogen) atoms. The van der Waals surface area contributed by atoms with Crippen molar-refractivity contribution in [3.63, 3.8) is 0 Å². The van der Waals surface area contributed by atoms with Crippen LogP contribution in [0.2, 0.25) is 0 Å². The number of nitrogens with one attached hydrogen (secondary N) is 2. The molecule has 2 N–H and O–H groups in total. The van der Waals surface area contributed by atoms with Crippen LogP contribution in [0.5, 0.6) is 0 Å². The Balaban J connectivity index is 0.00000400. The first-order valence-corrected chi connectivity index (χ1v) is 7.40. The van der Waals surface area contributed by atoms with Gasteiger partial charge in [0.25, 0.3) is 0 Å². The van der Waals surface area contributed by atoms with E-state index in [1.54, 1.807) is 11.3 Å². The van der Waals surface area contributed by atoms with E-state index in [-0.39, 0.29) is 29.9 Å². The number of carbonyl (C=O) groups is 1. The molecule has 0 spiro atoms. The molecule has 1 heterocycles. The van der Waals surface area contributed by atoms with Crippen molar-refractivity contribution in [1.29, 1.82) is 0 Å². The summed E-state index contributed by atoms with van der Waals surface area (Å²) in [5, 5.41) is 7.30. The number of aromatic nitrogens is 1. The summed E-state index contributed by atoms with van der Waals surface area (Å²) in [4.78, 5) is 21.1. The smallest absolute Gasteiger partial charge is 0.307 e. The van der Waals surface area contributed by atoms with Gasteiger partial charge in [-0.2, -0.15) is 0 Å². The molecule has 120 valence electrons. The van der Waals surface area contributed by atoms with E-state index in [0.717, 1.165) is 22.1 Å². The Morgan fingerprint density at radius 3 is 2.62 bits per heavy atom. The summed E-state index contributed by atoms with van der Waals surface area (Å²) in [6, 6.07) is 0. The van der Waals surface area contributed by atoms with Crippen LogP contribution in [0, 0.1) is 13.8 Å². The number of ether oxygens (including phenoxy) is 1. The molecule has 1 aromatic heterocycles. The van der Waals surface area contributed by atoms with E-state index in [1.165, 1.54) is 7.11 Å². The van der Waals surface area contributed by atoms with Crippen LogP contribution in [0.3, 0.4) is 0 Å². The van der Waals surface area contributed by atoms with Crippen LogP contribution in [0.4, 0.5) is 0 Å². The molecule has 0 fully saturated rings. The van der Waals surface area contributed by atoms with Crippen molar-refractivity contribution in [2.75, 3.05) is 20.2 Å². The van der Waals surface area contributed by atoms with Crippen LogP contribution >= 0.6 is 35.3 Å². The van der Waals surface area contributed by atoms with Gasteiger partial charge in [-0.3, -0.25) is 4.79 Å². The van der Waals surface area contributed by atoms with Gasteiger partial charge in [-0.25, -0.2) is 9.98 Å². The number of aliphatic imine (C=N–C) groups is 1.